The number of urea groups is 1. The number of morpholine rings is 1. The van der Waals surface area contributed by atoms with Gasteiger partial charge in [0.2, 0.25) is 11.8 Å². The van der Waals surface area contributed by atoms with Crippen LogP contribution in [0.25, 0.3) is 0 Å². The van der Waals surface area contributed by atoms with Crippen LogP contribution in [0.2, 0.25) is 0 Å². The van der Waals surface area contributed by atoms with Crippen molar-refractivity contribution in [3.63, 3.8) is 0 Å². The molecule has 4 aromatic rings. The summed E-state index contributed by atoms with van der Waals surface area (Å²) in [5, 5.41) is 22.1. The van der Waals surface area contributed by atoms with Crippen LogP contribution >= 0.6 is 0 Å². The number of hydrogen-bond donors (Lipinski definition) is 4. The molecular formula is C46H46N4O10. The Labute approximate surface area is 347 Å². The molecule has 14 heteroatoms. The summed E-state index contributed by atoms with van der Waals surface area (Å²) in [6.07, 6.45) is -0.824. The highest BCUT2D eigenvalue weighted by Gasteiger charge is 2.75. The van der Waals surface area contributed by atoms with Crippen LogP contribution in [0.3, 0.4) is 0 Å². The van der Waals surface area contributed by atoms with Gasteiger partial charge in [0.1, 0.15) is 36.0 Å². The quantitative estimate of drug-likeness (QED) is 0.127. The third kappa shape index (κ3) is 7.04. The van der Waals surface area contributed by atoms with E-state index in [0.29, 0.717) is 22.3 Å². The molecule has 4 aromatic carbocycles. The van der Waals surface area contributed by atoms with Gasteiger partial charge in [-0.1, -0.05) is 105 Å². The number of nitrogens with two attached hydrogens (primary N) is 1. The predicted octanol–water partition coefficient (Wildman–Crippen LogP) is 3.85. The number of hydrogen-bond acceptors (Lipinski definition) is 11. The fourth-order valence-corrected chi connectivity index (χ4v) is 9.02. The van der Waals surface area contributed by atoms with Gasteiger partial charge in [0.15, 0.2) is 0 Å². The van der Waals surface area contributed by atoms with Gasteiger partial charge in [-0.2, -0.15) is 0 Å². The Balaban J connectivity index is 1.58. The standard InChI is InChI=1S/C46H46N4O10/c1-27(2)36(42(54)58-3)48-45(57)49-33-22-21-28(14-12-13-23-51)26-32(33)46(44(49)56)35(41(47)53)38-43(55)60-39(30-17-8-5-9-18-30)37(29-15-6-4-7-16-29)50(38)40(46)31-19-10-11-20-34(31)59-25-24-52/h4-11,15-22,26-27,35-40,51-52H,13,23-25H2,1-3H3,(H2,47,53)(H,48,57). The van der Waals surface area contributed by atoms with Crippen molar-refractivity contribution in [2.45, 2.75) is 56.0 Å². The molecule has 0 saturated carbocycles. The molecule has 7 atom stereocenters. The SMILES string of the molecule is COC(=O)C(NC(=O)N1C(=O)C2(c3cc(C#CCCO)ccc31)C(C(N)=O)C1C(=O)OC(c3ccccc3)C(c3ccccc3)N1C2c1ccccc1OCCO)C(C)C. The van der Waals surface area contributed by atoms with E-state index in [1.807, 2.05) is 60.7 Å². The largest absolute Gasteiger partial charge is 0.491 e. The number of rotatable bonds is 11. The lowest BCUT2D eigenvalue weighted by atomic mass is 9.65. The summed E-state index contributed by atoms with van der Waals surface area (Å²) in [4.78, 5) is 75.7. The number of amides is 4. The Hall–Kier alpha value is -6.53. The van der Waals surface area contributed by atoms with Crippen molar-refractivity contribution in [1.29, 1.82) is 0 Å². The zero-order chi connectivity index (χ0) is 42.7. The second kappa shape index (κ2) is 17.4. The second-order valence-corrected chi connectivity index (χ2v) is 15.1. The Morgan fingerprint density at radius 3 is 2.20 bits per heavy atom. The van der Waals surface area contributed by atoms with Gasteiger partial charge < -0.3 is 35.5 Å². The number of aliphatic hydroxyl groups is 2. The number of carbonyl (C=O) groups is 5. The van der Waals surface area contributed by atoms with E-state index < -0.39 is 77.3 Å². The van der Waals surface area contributed by atoms with Gasteiger partial charge in [-0.15, -0.1) is 0 Å². The topological polar surface area (TPSA) is 198 Å². The molecule has 60 heavy (non-hydrogen) atoms. The van der Waals surface area contributed by atoms with E-state index in [-0.39, 0.29) is 43.2 Å². The van der Waals surface area contributed by atoms with Crippen molar-refractivity contribution in [3.8, 4) is 17.6 Å². The summed E-state index contributed by atoms with van der Waals surface area (Å²) >= 11 is 0. The molecule has 0 bridgehead atoms. The first-order valence-corrected chi connectivity index (χ1v) is 19.7. The minimum Gasteiger partial charge on any atom is -0.491 e. The number of fused-ring (bicyclic) bond motifs is 3. The molecule has 0 aromatic heterocycles. The van der Waals surface area contributed by atoms with Crippen molar-refractivity contribution in [1.82, 2.24) is 10.2 Å². The van der Waals surface area contributed by atoms with Crippen LogP contribution < -0.4 is 20.7 Å². The number of nitrogens with zero attached hydrogens (tertiary/aromatic N) is 2. The summed E-state index contributed by atoms with van der Waals surface area (Å²) in [7, 11) is 1.19. The highest BCUT2D eigenvalue weighted by atomic mass is 16.6. The molecule has 1 spiro atoms. The predicted molar refractivity (Wildman–Crippen MR) is 218 cm³/mol. The maximum atomic E-state index is 16.1. The van der Waals surface area contributed by atoms with Gasteiger partial charge in [-0.05, 0) is 46.9 Å². The van der Waals surface area contributed by atoms with Gasteiger partial charge in [-0.3, -0.25) is 19.3 Å². The summed E-state index contributed by atoms with van der Waals surface area (Å²) in [5.74, 6) is 0.523. The van der Waals surface area contributed by atoms with Crippen molar-refractivity contribution < 1.29 is 48.4 Å². The van der Waals surface area contributed by atoms with Crippen molar-refractivity contribution in [3.05, 3.63) is 131 Å². The van der Waals surface area contributed by atoms with Crippen LogP contribution in [-0.2, 0) is 34.1 Å². The minimum atomic E-state index is -2.16. The van der Waals surface area contributed by atoms with Crippen molar-refractivity contribution >= 4 is 35.5 Å². The van der Waals surface area contributed by atoms with Crippen LogP contribution in [0.5, 0.6) is 5.75 Å². The number of aliphatic hydroxyl groups excluding tert-OH is 2. The number of imide groups is 1. The Kier molecular flexibility index (Phi) is 12.0. The lowest BCUT2D eigenvalue weighted by Crippen LogP contribution is -2.57. The number of methoxy groups -OCH3 is 1. The molecule has 310 valence electrons. The van der Waals surface area contributed by atoms with Gasteiger partial charge in [0.25, 0.3) is 0 Å². The Bertz CT molecular complexity index is 2340. The maximum absolute atomic E-state index is 16.1. The first-order chi connectivity index (χ1) is 29.0. The molecule has 14 nitrogen and oxygen atoms in total. The van der Waals surface area contributed by atoms with Crippen LogP contribution in [0.4, 0.5) is 10.5 Å². The lowest BCUT2D eigenvalue weighted by molar-refractivity contribution is -0.178. The number of esters is 2. The first kappa shape index (κ1) is 41.6. The normalized spacial score (nSPS) is 23.6. The maximum Gasteiger partial charge on any atom is 0.329 e. The van der Waals surface area contributed by atoms with E-state index in [4.69, 9.17) is 19.9 Å². The third-order valence-corrected chi connectivity index (χ3v) is 11.4. The van der Waals surface area contributed by atoms with Crippen LogP contribution in [0.1, 0.15) is 66.3 Å². The number of para-hydroxylation sites is 1. The first-order valence-electron chi connectivity index (χ1n) is 19.7. The number of ether oxygens (including phenoxy) is 3. The number of carbonyl (C=O) groups excluding carboxylic acids is 5. The van der Waals surface area contributed by atoms with E-state index in [0.717, 1.165) is 4.90 Å². The molecular weight excluding hydrogens is 769 g/mol. The highest BCUT2D eigenvalue weighted by Crippen LogP contribution is 2.66. The summed E-state index contributed by atoms with van der Waals surface area (Å²) in [6.45, 7) is 2.72. The highest BCUT2D eigenvalue weighted by molar-refractivity contribution is 6.25. The van der Waals surface area contributed by atoms with Crippen LogP contribution in [-0.4, -0.2) is 83.9 Å². The molecule has 3 heterocycles. The number of benzene rings is 4. The summed E-state index contributed by atoms with van der Waals surface area (Å²) in [6, 6.07) is 24.1. The molecule has 7 unspecified atom stereocenters. The fraction of sp³-hybridized carbons (Fsp3) is 0.326. The van der Waals surface area contributed by atoms with E-state index in [1.165, 1.54) is 13.2 Å². The Morgan fingerprint density at radius 2 is 1.57 bits per heavy atom. The van der Waals surface area contributed by atoms with Crippen molar-refractivity contribution in [2.24, 2.45) is 17.6 Å². The monoisotopic (exact) mass is 814 g/mol. The van der Waals surface area contributed by atoms with Crippen molar-refractivity contribution in [2.75, 3.05) is 31.8 Å². The molecule has 0 radical (unpaired) electrons. The fourth-order valence-electron chi connectivity index (χ4n) is 9.02. The molecule has 7 rings (SSSR count). The van der Waals surface area contributed by atoms with Gasteiger partial charge >= 0.3 is 18.0 Å². The summed E-state index contributed by atoms with van der Waals surface area (Å²) < 4.78 is 17.5. The number of primary amides is 1. The van der Waals surface area contributed by atoms with E-state index >= 15 is 4.79 Å². The van der Waals surface area contributed by atoms with E-state index in [9.17, 15) is 29.4 Å². The zero-order valence-electron chi connectivity index (χ0n) is 33.3. The van der Waals surface area contributed by atoms with E-state index in [1.54, 1.807) is 55.1 Å². The average molecular weight is 815 g/mol. The molecule has 0 aliphatic carbocycles. The molecule has 2 fully saturated rings. The zero-order valence-corrected chi connectivity index (χ0v) is 33.3. The van der Waals surface area contributed by atoms with Crippen LogP contribution in [0.15, 0.2) is 103 Å². The number of anilines is 1. The lowest BCUT2D eigenvalue weighted by Gasteiger charge is -2.46. The second-order valence-electron chi connectivity index (χ2n) is 15.1. The summed E-state index contributed by atoms with van der Waals surface area (Å²) in [5.41, 5.74) is 6.57. The smallest absolute Gasteiger partial charge is 0.329 e. The number of nitrogens with one attached hydrogen (secondary N) is 1. The van der Waals surface area contributed by atoms with E-state index in [2.05, 4.69) is 17.2 Å². The van der Waals surface area contributed by atoms with Gasteiger partial charge in [0.05, 0.1) is 44.0 Å². The minimum absolute atomic E-state index is 0.0617. The molecule has 4 amide bonds. The Morgan fingerprint density at radius 1 is 0.900 bits per heavy atom. The number of cyclic esters (lactones) is 1. The third-order valence-electron chi connectivity index (χ3n) is 11.4. The van der Waals surface area contributed by atoms with Gasteiger partial charge in [-0.25, -0.2) is 14.5 Å². The van der Waals surface area contributed by atoms with Crippen LogP contribution in [0, 0.1) is 23.7 Å². The molecule has 5 N–H and O–H groups in total. The molecule has 3 aliphatic heterocycles. The van der Waals surface area contributed by atoms with Gasteiger partial charge in [0, 0.05) is 17.5 Å². The average Bonchev–Trinajstić information content (AvgIpc) is 3.71. The molecule has 2 saturated heterocycles. The molecule has 3 aliphatic rings.